The number of aromatic nitrogens is 2. The van der Waals surface area contributed by atoms with Crippen molar-refractivity contribution >= 4 is 29.0 Å². The first-order chi connectivity index (χ1) is 15.8. The highest BCUT2D eigenvalue weighted by atomic mass is 16.2. The lowest BCUT2D eigenvalue weighted by molar-refractivity contribution is -0.120. The number of carbonyl (C=O) groups is 2. The fourth-order valence-electron chi connectivity index (χ4n) is 4.47. The van der Waals surface area contributed by atoms with Crippen LogP contribution in [0.25, 0.3) is 5.69 Å². The summed E-state index contributed by atoms with van der Waals surface area (Å²) in [7, 11) is 0. The van der Waals surface area contributed by atoms with E-state index < -0.39 is 0 Å². The van der Waals surface area contributed by atoms with Gasteiger partial charge in [-0.05, 0) is 56.9 Å². The quantitative estimate of drug-likeness (QED) is 0.601. The molecule has 0 radical (unpaired) electrons. The van der Waals surface area contributed by atoms with Gasteiger partial charge in [-0.3, -0.25) is 9.59 Å². The molecule has 1 saturated heterocycles. The van der Waals surface area contributed by atoms with Crippen LogP contribution in [0.1, 0.15) is 36.6 Å². The molecule has 1 aliphatic heterocycles. The zero-order valence-corrected chi connectivity index (χ0v) is 19.7. The van der Waals surface area contributed by atoms with Crippen LogP contribution in [0, 0.1) is 26.7 Å². The van der Waals surface area contributed by atoms with Crippen molar-refractivity contribution in [3.63, 3.8) is 0 Å². The Bertz CT molecular complexity index is 1140. The van der Waals surface area contributed by atoms with E-state index in [1.165, 1.54) is 6.92 Å². The highest BCUT2D eigenvalue weighted by molar-refractivity contribution is 5.95. The van der Waals surface area contributed by atoms with Gasteiger partial charge in [0.2, 0.25) is 11.8 Å². The minimum Gasteiger partial charge on any atom is -0.355 e. The second-order valence-electron chi connectivity index (χ2n) is 8.73. The number of para-hydroxylation sites is 2. The summed E-state index contributed by atoms with van der Waals surface area (Å²) >= 11 is 0. The number of aryl methyl sites for hydroxylation is 3. The third kappa shape index (κ3) is 4.77. The third-order valence-electron chi connectivity index (χ3n) is 6.23. The SMILES string of the molecule is CC(=O)Nc1c(C)nn(-c2ccccc2)c1N1CCC(C(=O)Nc2c(C)cccc2C)CC1. The van der Waals surface area contributed by atoms with Gasteiger partial charge < -0.3 is 15.5 Å². The van der Waals surface area contributed by atoms with E-state index in [-0.39, 0.29) is 17.7 Å². The van der Waals surface area contributed by atoms with Gasteiger partial charge >= 0.3 is 0 Å². The molecule has 1 aromatic heterocycles. The number of carbonyl (C=O) groups excluding carboxylic acids is 2. The van der Waals surface area contributed by atoms with Crippen LogP contribution in [0.3, 0.4) is 0 Å². The smallest absolute Gasteiger partial charge is 0.227 e. The summed E-state index contributed by atoms with van der Waals surface area (Å²) in [4.78, 5) is 27.1. The van der Waals surface area contributed by atoms with Crippen molar-refractivity contribution in [2.45, 2.75) is 40.5 Å². The molecule has 2 amide bonds. The molecular formula is C26H31N5O2. The average Bonchev–Trinajstić information content (AvgIpc) is 3.12. The van der Waals surface area contributed by atoms with Crippen LogP contribution in [0.4, 0.5) is 17.2 Å². The van der Waals surface area contributed by atoms with Crippen molar-refractivity contribution in [2.75, 3.05) is 28.6 Å². The maximum absolute atomic E-state index is 13.0. The molecule has 0 saturated carbocycles. The molecule has 0 bridgehead atoms. The van der Waals surface area contributed by atoms with E-state index in [1.807, 2.05) is 74.0 Å². The number of anilines is 3. The van der Waals surface area contributed by atoms with Crippen molar-refractivity contribution in [3.05, 3.63) is 65.4 Å². The lowest BCUT2D eigenvalue weighted by Gasteiger charge is -2.33. The maximum atomic E-state index is 13.0. The Labute approximate surface area is 194 Å². The highest BCUT2D eigenvalue weighted by Gasteiger charge is 2.30. The number of hydrogen-bond acceptors (Lipinski definition) is 4. The number of piperidine rings is 1. The molecule has 3 aromatic rings. The lowest BCUT2D eigenvalue weighted by Crippen LogP contribution is -2.39. The van der Waals surface area contributed by atoms with Gasteiger partial charge in [-0.25, -0.2) is 4.68 Å². The van der Waals surface area contributed by atoms with Gasteiger partial charge in [0.25, 0.3) is 0 Å². The Morgan fingerprint density at radius 1 is 0.879 bits per heavy atom. The van der Waals surface area contributed by atoms with Gasteiger partial charge in [0.15, 0.2) is 5.82 Å². The van der Waals surface area contributed by atoms with Crippen molar-refractivity contribution in [3.8, 4) is 5.69 Å². The summed E-state index contributed by atoms with van der Waals surface area (Å²) in [5, 5.41) is 10.8. The second kappa shape index (κ2) is 9.48. The Hall–Kier alpha value is -3.61. The number of rotatable bonds is 5. The molecule has 4 rings (SSSR count). The summed E-state index contributed by atoms with van der Waals surface area (Å²) in [5.41, 5.74) is 5.48. The average molecular weight is 446 g/mol. The topological polar surface area (TPSA) is 79.3 Å². The van der Waals surface area contributed by atoms with Crippen LogP contribution < -0.4 is 15.5 Å². The van der Waals surface area contributed by atoms with E-state index in [2.05, 4.69) is 15.5 Å². The van der Waals surface area contributed by atoms with Crippen molar-refractivity contribution < 1.29 is 9.59 Å². The summed E-state index contributed by atoms with van der Waals surface area (Å²) in [6.45, 7) is 8.85. The van der Waals surface area contributed by atoms with E-state index in [4.69, 9.17) is 5.10 Å². The molecular weight excluding hydrogens is 414 g/mol. The third-order valence-corrected chi connectivity index (χ3v) is 6.23. The number of nitrogens with zero attached hydrogens (tertiary/aromatic N) is 3. The molecule has 0 spiro atoms. The van der Waals surface area contributed by atoms with Crippen LogP contribution in [-0.2, 0) is 9.59 Å². The van der Waals surface area contributed by atoms with Crippen LogP contribution in [0.2, 0.25) is 0 Å². The van der Waals surface area contributed by atoms with Crippen molar-refractivity contribution in [1.82, 2.24) is 9.78 Å². The zero-order chi connectivity index (χ0) is 23.5. The highest BCUT2D eigenvalue weighted by Crippen LogP contribution is 2.35. The van der Waals surface area contributed by atoms with Gasteiger partial charge in [-0.15, -0.1) is 0 Å². The first-order valence-corrected chi connectivity index (χ1v) is 11.4. The fraction of sp³-hybridized carbons (Fsp3) is 0.346. The van der Waals surface area contributed by atoms with Crippen molar-refractivity contribution in [2.24, 2.45) is 5.92 Å². The Morgan fingerprint density at radius 3 is 2.12 bits per heavy atom. The van der Waals surface area contributed by atoms with E-state index >= 15 is 0 Å². The van der Waals surface area contributed by atoms with E-state index in [1.54, 1.807) is 0 Å². The normalized spacial score (nSPS) is 14.2. The largest absolute Gasteiger partial charge is 0.355 e. The summed E-state index contributed by atoms with van der Waals surface area (Å²) in [6.07, 6.45) is 1.46. The van der Waals surface area contributed by atoms with Gasteiger partial charge in [-0.1, -0.05) is 36.4 Å². The van der Waals surface area contributed by atoms with Crippen LogP contribution in [0.15, 0.2) is 48.5 Å². The Balaban J connectivity index is 1.55. The van der Waals surface area contributed by atoms with E-state index in [9.17, 15) is 9.59 Å². The molecule has 0 unspecified atom stereocenters. The molecule has 1 aliphatic rings. The van der Waals surface area contributed by atoms with Crippen LogP contribution in [0.5, 0.6) is 0 Å². The predicted octanol–water partition coefficient (Wildman–Crippen LogP) is 4.61. The number of amides is 2. The van der Waals surface area contributed by atoms with E-state index in [0.717, 1.165) is 52.5 Å². The minimum absolute atomic E-state index is 0.0568. The zero-order valence-electron chi connectivity index (χ0n) is 19.7. The molecule has 2 N–H and O–H groups in total. The van der Waals surface area contributed by atoms with Gasteiger partial charge in [0.1, 0.15) is 5.69 Å². The lowest BCUT2D eigenvalue weighted by atomic mass is 9.95. The molecule has 0 atom stereocenters. The van der Waals surface area contributed by atoms with Crippen LogP contribution in [-0.4, -0.2) is 34.7 Å². The first kappa shape index (κ1) is 22.6. The van der Waals surface area contributed by atoms with Gasteiger partial charge in [0, 0.05) is 31.6 Å². The molecule has 7 nitrogen and oxygen atoms in total. The predicted molar refractivity (Wildman–Crippen MR) is 132 cm³/mol. The molecule has 33 heavy (non-hydrogen) atoms. The van der Waals surface area contributed by atoms with E-state index in [0.29, 0.717) is 13.1 Å². The summed E-state index contributed by atoms with van der Waals surface area (Å²) in [6, 6.07) is 15.9. The standard InChI is InChI=1S/C26H31N5O2/c1-17-9-8-10-18(2)23(17)28-25(33)21-13-15-30(16-14-21)26-24(27-20(4)32)19(3)29-31(26)22-11-6-5-7-12-22/h5-12,21H,13-16H2,1-4H3,(H,27,32)(H,28,33). The fourth-order valence-corrected chi connectivity index (χ4v) is 4.47. The van der Waals surface area contributed by atoms with Gasteiger partial charge in [0.05, 0.1) is 11.4 Å². The maximum Gasteiger partial charge on any atom is 0.227 e. The summed E-state index contributed by atoms with van der Waals surface area (Å²) in [5.74, 6) is 0.748. The Kier molecular flexibility index (Phi) is 6.49. The Morgan fingerprint density at radius 2 is 1.52 bits per heavy atom. The number of nitrogens with one attached hydrogen (secondary N) is 2. The molecule has 0 aliphatic carbocycles. The van der Waals surface area contributed by atoms with Crippen molar-refractivity contribution in [1.29, 1.82) is 0 Å². The minimum atomic E-state index is -0.130. The molecule has 2 heterocycles. The number of hydrogen-bond donors (Lipinski definition) is 2. The molecule has 172 valence electrons. The second-order valence-corrected chi connectivity index (χ2v) is 8.73. The molecule has 1 fully saturated rings. The van der Waals surface area contributed by atoms with Gasteiger partial charge in [-0.2, -0.15) is 5.10 Å². The first-order valence-electron chi connectivity index (χ1n) is 11.4. The molecule has 2 aromatic carbocycles. The monoisotopic (exact) mass is 445 g/mol. The van der Waals surface area contributed by atoms with Crippen LogP contribution >= 0.6 is 0 Å². The number of benzene rings is 2. The molecule has 7 heteroatoms. The summed E-state index contributed by atoms with van der Waals surface area (Å²) < 4.78 is 1.89.